The molecule has 0 saturated heterocycles. The first-order valence-electron chi connectivity index (χ1n) is 19.3. The highest BCUT2D eigenvalue weighted by molar-refractivity contribution is 7.18. The maximum absolute atomic E-state index is 6.34. The molecule has 0 aliphatic heterocycles. The molecule has 0 spiro atoms. The van der Waals surface area contributed by atoms with Gasteiger partial charge in [0.1, 0.15) is 11.2 Å². The Morgan fingerprint density at radius 2 is 1.16 bits per heavy atom. The van der Waals surface area contributed by atoms with Crippen LogP contribution in [0.2, 0.25) is 0 Å². The second-order valence-electron chi connectivity index (χ2n) is 14.7. The van der Waals surface area contributed by atoms with Crippen molar-refractivity contribution in [1.29, 1.82) is 0 Å². The Labute approximate surface area is 331 Å². The summed E-state index contributed by atoms with van der Waals surface area (Å²) in [5.41, 5.74) is 9.48. The first kappa shape index (κ1) is 32.1. The standard InChI is InChI=1S/C51H32N4OS/c1-4-14-31(15-5-1)34-28-41-40-27-26-39-36-20-10-12-22-43(36)55(35-18-8-3-9-19-35)46(39)48(40)57-47(41)42(29-34)51-53-49(32-16-6-2-7-17-32)52-50(54-51)33-24-25-38-37-21-11-13-23-44(37)56-45(38)30-33/h1-28,30,34H,29H2. The zero-order chi connectivity index (χ0) is 37.5. The van der Waals surface area contributed by atoms with Crippen molar-refractivity contribution in [2.24, 2.45) is 0 Å². The fourth-order valence-corrected chi connectivity index (χ4v) is 10.1. The van der Waals surface area contributed by atoms with Crippen LogP contribution in [0.15, 0.2) is 174 Å². The van der Waals surface area contributed by atoms with E-state index in [1.165, 1.54) is 47.2 Å². The van der Waals surface area contributed by atoms with E-state index in [4.69, 9.17) is 19.4 Å². The van der Waals surface area contributed by atoms with Crippen LogP contribution in [0.4, 0.5) is 0 Å². The maximum atomic E-state index is 6.34. The lowest BCUT2D eigenvalue weighted by atomic mass is 9.87. The Bertz CT molecular complexity index is 3490. The largest absolute Gasteiger partial charge is 0.456 e. The van der Waals surface area contributed by atoms with E-state index in [0.29, 0.717) is 17.5 Å². The van der Waals surface area contributed by atoms with Crippen molar-refractivity contribution in [3.63, 3.8) is 0 Å². The van der Waals surface area contributed by atoms with Crippen LogP contribution in [0.3, 0.4) is 0 Å². The van der Waals surface area contributed by atoms with Crippen LogP contribution in [-0.4, -0.2) is 19.5 Å². The van der Waals surface area contributed by atoms with Gasteiger partial charge in [0.2, 0.25) is 0 Å². The molecular formula is C51H32N4OS. The van der Waals surface area contributed by atoms with E-state index in [9.17, 15) is 0 Å². The Morgan fingerprint density at radius 1 is 0.526 bits per heavy atom. The molecule has 0 saturated carbocycles. The predicted octanol–water partition coefficient (Wildman–Crippen LogP) is 11.6. The van der Waals surface area contributed by atoms with E-state index < -0.39 is 0 Å². The Hall–Kier alpha value is -7.15. The van der Waals surface area contributed by atoms with Crippen LogP contribution < -0.4 is 9.75 Å². The van der Waals surface area contributed by atoms with Gasteiger partial charge in [0.15, 0.2) is 17.5 Å². The number of thiophene rings is 1. The van der Waals surface area contributed by atoms with Crippen LogP contribution >= 0.6 is 11.3 Å². The first-order valence-corrected chi connectivity index (χ1v) is 20.1. The number of furan rings is 1. The van der Waals surface area contributed by atoms with Gasteiger partial charge in [-0.1, -0.05) is 140 Å². The minimum absolute atomic E-state index is 0.134. The Balaban J connectivity index is 1.16. The monoisotopic (exact) mass is 748 g/mol. The van der Waals surface area contributed by atoms with E-state index in [2.05, 4.69) is 144 Å². The first-order chi connectivity index (χ1) is 28.2. The Kier molecular flexibility index (Phi) is 7.16. The average molecular weight is 749 g/mol. The van der Waals surface area contributed by atoms with Gasteiger partial charge in [-0.3, -0.25) is 0 Å². The number of fused-ring (bicyclic) bond motifs is 10. The van der Waals surface area contributed by atoms with Crippen LogP contribution in [0, 0.1) is 0 Å². The zero-order valence-electron chi connectivity index (χ0n) is 30.6. The van der Waals surface area contributed by atoms with Gasteiger partial charge in [-0.05, 0) is 53.6 Å². The third kappa shape index (κ3) is 5.11. The topological polar surface area (TPSA) is 56.7 Å². The zero-order valence-corrected chi connectivity index (χ0v) is 31.4. The van der Waals surface area contributed by atoms with Crippen molar-refractivity contribution in [3.05, 3.63) is 191 Å². The molecule has 0 amide bonds. The van der Waals surface area contributed by atoms with E-state index in [1.54, 1.807) is 0 Å². The molecule has 1 atom stereocenters. The molecule has 1 aliphatic carbocycles. The molecule has 5 nitrogen and oxygen atoms in total. The minimum atomic E-state index is 0.134. The predicted molar refractivity (Wildman–Crippen MR) is 234 cm³/mol. The summed E-state index contributed by atoms with van der Waals surface area (Å²) in [6, 6.07) is 59.6. The van der Waals surface area contributed by atoms with Gasteiger partial charge >= 0.3 is 0 Å². The van der Waals surface area contributed by atoms with Crippen LogP contribution in [-0.2, 0) is 0 Å². The van der Waals surface area contributed by atoms with Crippen LogP contribution in [0.5, 0.6) is 0 Å². The molecular weight excluding hydrogens is 717 g/mol. The number of hydrogen-bond acceptors (Lipinski definition) is 5. The van der Waals surface area contributed by atoms with Crippen molar-refractivity contribution in [2.45, 2.75) is 12.3 Å². The second-order valence-corrected chi connectivity index (χ2v) is 15.7. The highest BCUT2D eigenvalue weighted by Gasteiger charge is 2.25. The third-order valence-corrected chi connectivity index (χ3v) is 12.7. The number of hydrogen-bond donors (Lipinski definition) is 0. The van der Waals surface area contributed by atoms with Gasteiger partial charge in [-0.25, -0.2) is 15.0 Å². The van der Waals surface area contributed by atoms with Crippen LogP contribution in [0.1, 0.15) is 23.7 Å². The van der Waals surface area contributed by atoms with Crippen molar-refractivity contribution in [3.8, 4) is 28.5 Å². The molecule has 4 aromatic heterocycles. The number of benzene rings is 7. The summed E-state index contributed by atoms with van der Waals surface area (Å²) in [5, 5.41) is 7.15. The molecule has 0 radical (unpaired) electrons. The molecule has 268 valence electrons. The smallest absolute Gasteiger partial charge is 0.164 e. The molecule has 1 aliphatic rings. The average Bonchev–Trinajstić information content (AvgIpc) is 3.96. The molecule has 12 rings (SSSR count). The number of nitrogens with zero attached hydrogens (tertiary/aromatic N) is 4. The third-order valence-electron chi connectivity index (χ3n) is 11.4. The highest BCUT2D eigenvalue weighted by atomic mass is 32.1. The number of para-hydroxylation sites is 3. The van der Waals surface area contributed by atoms with E-state index in [1.807, 2.05) is 47.7 Å². The maximum Gasteiger partial charge on any atom is 0.164 e. The van der Waals surface area contributed by atoms with Gasteiger partial charge in [0.05, 0.1) is 15.7 Å². The molecule has 57 heavy (non-hydrogen) atoms. The lowest BCUT2D eigenvalue weighted by Gasteiger charge is -2.19. The summed E-state index contributed by atoms with van der Waals surface area (Å²) < 4.78 is 11.2. The van der Waals surface area contributed by atoms with Crippen molar-refractivity contribution >= 4 is 76.8 Å². The molecule has 7 aromatic carbocycles. The summed E-state index contributed by atoms with van der Waals surface area (Å²) in [5.74, 6) is 2.10. The molecule has 1 unspecified atom stereocenters. The molecule has 0 N–H and O–H groups in total. The van der Waals surface area contributed by atoms with Crippen molar-refractivity contribution < 1.29 is 4.42 Å². The fraction of sp³-hybridized carbons (Fsp3) is 0.0392. The van der Waals surface area contributed by atoms with Gasteiger partial charge in [-0.15, -0.1) is 11.3 Å². The normalized spacial score (nSPS) is 14.2. The Morgan fingerprint density at radius 3 is 1.98 bits per heavy atom. The molecule has 6 heteroatoms. The van der Waals surface area contributed by atoms with Gasteiger partial charge in [-0.2, -0.15) is 0 Å². The van der Waals surface area contributed by atoms with Gasteiger partial charge < -0.3 is 8.98 Å². The lowest BCUT2D eigenvalue weighted by Crippen LogP contribution is -2.28. The van der Waals surface area contributed by atoms with Crippen molar-refractivity contribution in [2.75, 3.05) is 0 Å². The van der Waals surface area contributed by atoms with Crippen molar-refractivity contribution in [1.82, 2.24) is 19.5 Å². The lowest BCUT2D eigenvalue weighted by molar-refractivity contribution is 0.669. The second kappa shape index (κ2) is 12.7. The SMILES string of the molecule is C1=c2c(sc3c2ccc2c4ccccc4n(-c4ccccc4)c23)=C(c2nc(-c3ccccc3)nc(-c3ccc4c(c3)oc3ccccc34)n2)CC1c1ccccc1. The molecule has 0 fully saturated rings. The van der Waals surface area contributed by atoms with E-state index in [0.717, 1.165) is 50.7 Å². The number of aromatic nitrogens is 4. The number of rotatable bonds is 5. The molecule has 4 heterocycles. The molecule has 11 aromatic rings. The van der Waals surface area contributed by atoms with Gasteiger partial charge in [0, 0.05) is 59.8 Å². The molecule has 0 bridgehead atoms. The minimum Gasteiger partial charge on any atom is -0.456 e. The van der Waals surface area contributed by atoms with Crippen LogP contribution in [0.25, 0.3) is 93.9 Å². The summed E-state index contributed by atoms with van der Waals surface area (Å²) in [6.07, 6.45) is 3.24. The highest BCUT2D eigenvalue weighted by Crippen LogP contribution is 2.39. The quantitative estimate of drug-likeness (QED) is 0.176. The van der Waals surface area contributed by atoms with E-state index >= 15 is 0 Å². The van der Waals surface area contributed by atoms with E-state index in [-0.39, 0.29) is 5.92 Å². The van der Waals surface area contributed by atoms with Gasteiger partial charge in [0.25, 0.3) is 0 Å². The summed E-state index contributed by atoms with van der Waals surface area (Å²) in [4.78, 5) is 15.8. The summed E-state index contributed by atoms with van der Waals surface area (Å²) >= 11 is 1.86. The fourth-order valence-electron chi connectivity index (χ4n) is 8.76. The summed E-state index contributed by atoms with van der Waals surface area (Å²) in [6.45, 7) is 0. The summed E-state index contributed by atoms with van der Waals surface area (Å²) in [7, 11) is 0.